The Bertz CT molecular complexity index is 1110. The number of rotatable bonds is 28. The first kappa shape index (κ1) is 46.0. The Morgan fingerprint density at radius 2 is 0.755 bits per heavy atom. The summed E-state index contributed by atoms with van der Waals surface area (Å²) >= 11 is 0. The van der Waals surface area contributed by atoms with Gasteiger partial charge in [-0.1, -0.05) is 142 Å². The maximum absolute atomic E-state index is 14.1. The molecule has 0 radical (unpaired) electrons. The van der Waals surface area contributed by atoms with Crippen molar-refractivity contribution in [2.75, 3.05) is 20.9 Å². The lowest BCUT2D eigenvalue weighted by molar-refractivity contribution is -0.150. The summed E-state index contributed by atoms with van der Waals surface area (Å²) in [4.78, 5) is 86.3. The molecule has 0 spiro atoms. The zero-order valence-electron chi connectivity index (χ0n) is 34.5. The molecule has 2 aliphatic heterocycles. The first-order valence-corrected chi connectivity index (χ1v) is 20.7. The van der Waals surface area contributed by atoms with E-state index in [9.17, 15) is 28.8 Å². The van der Waals surface area contributed by atoms with Gasteiger partial charge in [-0.2, -0.15) is 0 Å². The molecule has 0 aliphatic carbocycles. The molecule has 6 amide bonds. The van der Waals surface area contributed by atoms with Gasteiger partial charge in [-0.25, -0.2) is 29.0 Å². The van der Waals surface area contributed by atoms with Gasteiger partial charge in [0.05, 0.1) is 14.2 Å². The Morgan fingerprint density at radius 3 is 1.02 bits per heavy atom. The van der Waals surface area contributed by atoms with Crippen LogP contribution in [0.15, 0.2) is 0 Å². The smallest absolute Gasteiger partial charge is 0.329 e. The molecular weight excluding hydrogens is 676 g/mol. The van der Waals surface area contributed by atoms with Gasteiger partial charge in [-0.05, 0) is 40.5 Å². The maximum atomic E-state index is 14.1. The van der Waals surface area contributed by atoms with Crippen molar-refractivity contribution in [1.29, 1.82) is 0 Å². The van der Waals surface area contributed by atoms with Gasteiger partial charge in [0.1, 0.15) is 29.8 Å². The van der Waals surface area contributed by atoms with Crippen molar-refractivity contribution >= 4 is 35.8 Å². The van der Waals surface area contributed by atoms with Crippen LogP contribution >= 0.6 is 0 Å². The van der Waals surface area contributed by atoms with Gasteiger partial charge in [0.25, 0.3) is 11.8 Å². The van der Waals surface area contributed by atoms with Crippen LogP contribution in [0.1, 0.15) is 183 Å². The molecule has 12 heteroatoms. The molecule has 2 aliphatic rings. The van der Waals surface area contributed by atoms with Crippen LogP contribution in [0.25, 0.3) is 0 Å². The fraction of sp³-hybridized carbons (Fsp3) is 0.854. The standard InChI is InChI=1S/C41H72N4O8/c1-9-11-13-15-17-19-21-23-25-27-29-32(34(46)52-7)44-36(48)40(3,4)42(38(44)50)31-43-39(51)45(37(49)41(43,5)6)33(35(47)53-8)30-28-26-24-22-20-18-16-14-12-10-2/h32-33H,9-31H2,1-8H3. The fourth-order valence-electron chi connectivity index (χ4n) is 7.53. The number of urea groups is 2. The van der Waals surface area contributed by atoms with Gasteiger partial charge in [-0.3, -0.25) is 19.4 Å². The number of hydrogen-bond acceptors (Lipinski definition) is 8. The molecule has 2 rings (SSSR count). The maximum Gasteiger partial charge on any atom is 0.329 e. The molecule has 2 heterocycles. The Morgan fingerprint density at radius 1 is 0.491 bits per heavy atom. The van der Waals surface area contributed by atoms with Gasteiger partial charge in [0.2, 0.25) is 0 Å². The average molecular weight is 749 g/mol. The molecule has 2 atom stereocenters. The lowest BCUT2D eigenvalue weighted by Crippen LogP contribution is -2.55. The predicted octanol–water partition coefficient (Wildman–Crippen LogP) is 8.73. The number of nitrogens with zero attached hydrogens (tertiary/aromatic N) is 4. The van der Waals surface area contributed by atoms with E-state index in [0.717, 1.165) is 48.3 Å². The molecule has 0 bridgehead atoms. The molecule has 12 nitrogen and oxygen atoms in total. The lowest BCUT2D eigenvalue weighted by Gasteiger charge is -2.36. The summed E-state index contributed by atoms with van der Waals surface area (Å²) in [5.41, 5.74) is -2.85. The Balaban J connectivity index is 2.10. The third-order valence-electron chi connectivity index (χ3n) is 11.2. The van der Waals surface area contributed by atoms with Crippen LogP contribution in [0.2, 0.25) is 0 Å². The zero-order chi connectivity index (χ0) is 39.6. The van der Waals surface area contributed by atoms with E-state index in [1.54, 1.807) is 27.7 Å². The molecule has 0 N–H and O–H groups in total. The van der Waals surface area contributed by atoms with Crippen molar-refractivity contribution in [3.63, 3.8) is 0 Å². The highest BCUT2D eigenvalue weighted by molar-refractivity contribution is 6.11. The third-order valence-corrected chi connectivity index (χ3v) is 11.2. The van der Waals surface area contributed by atoms with Crippen molar-refractivity contribution in [2.24, 2.45) is 0 Å². The zero-order valence-corrected chi connectivity index (χ0v) is 34.5. The number of imide groups is 2. The molecule has 0 saturated carbocycles. The number of methoxy groups -OCH3 is 2. The summed E-state index contributed by atoms with van der Waals surface area (Å²) in [6, 6.07) is -3.68. The Hall–Kier alpha value is -3.18. The number of esters is 2. The molecule has 53 heavy (non-hydrogen) atoms. The minimum Gasteiger partial charge on any atom is -0.467 e. The SMILES string of the molecule is CCCCCCCCCCCCC(C(=O)OC)N1C(=O)N(CN2C(=O)N(C(CCCCCCCCCCCC)C(=O)OC)C(=O)C2(C)C)C(C)(C)C1=O. The quantitative estimate of drug-likeness (QED) is 0.0441. The van der Waals surface area contributed by atoms with E-state index in [2.05, 4.69) is 13.8 Å². The summed E-state index contributed by atoms with van der Waals surface area (Å²) in [6.07, 6.45) is 22.6. The van der Waals surface area contributed by atoms with E-state index < -0.39 is 59.0 Å². The topological polar surface area (TPSA) is 134 Å². The third kappa shape index (κ3) is 12.4. The second kappa shape index (κ2) is 22.9. The van der Waals surface area contributed by atoms with E-state index >= 15 is 0 Å². The Kier molecular flexibility index (Phi) is 19.9. The number of ether oxygens (including phenoxy) is 2. The molecule has 2 fully saturated rings. The first-order valence-electron chi connectivity index (χ1n) is 20.7. The van der Waals surface area contributed by atoms with E-state index in [1.165, 1.54) is 101 Å². The van der Waals surface area contributed by atoms with Gasteiger partial charge in [-0.15, -0.1) is 0 Å². The van der Waals surface area contributed by atoms with E-state index in [-0.39, 0.29) is 19.5 Å². The minimum absolute atomic E-state index is 0.269. The molecule has 0 aromatic carbocycles. The summed E-state index contributed by atoms with van der Waals surface area (Å²) < 4.78 is 10.1. The number of hydrogen-bond donors (Lipinski definition) is 0. The van der Waals surface area contributed by atoms with Crippen molar-refractivity contribution in [3.05, 3.63) is 0 Å². The van der Waals surface area contributed by atoms with Crippen LogP contribution < -0.4 is 0 Å². The summed E-state index contributed by atoms with van der Waals surface area (Å²) in [6.45, 7) is 10.3. The van der Waals surface area contributed by atoms with Gasteiger partial charge >= 0.3 is 24.0 Å². The van der Waals surface area contributed by atoms with E-state index in [4.69, 9.17) is 9.47 Å². The molecular formula is C41H72N4O8. The van der Waals surface area contributed by atoms with Crippen LogP contribution in [-0.2, 0) is 28.7 Å². The van der Waals surface area contributed by atoms with Gasteiger partial charge in [0.15, 0.2) is 0 Å². The van der Waals surface area contributed by atoms with Crippen molar-refractivity contribution in [1.82, 2.24) is 19.6 Å². The number of carbonyl (C=O) groups excluding carboxylic acids is 6. The summed E-state index contributed by atoms with van der Waals surface area (Å²) in [5.74, 6) is -2.50. The largest absolute Gasteiger partial charge is 0.467 e. The van der Waals surface area contributed by atoms with Crippen molar-refractivity contribution < 1.29 is 38.2 Å². The minimum atomic E-state index is -1.42. The summed E-state index contributed by atoms with van der Waals surface area (Å²) in [7, 11) is 2.47. The van der Waals surface area contributed by atoms with Crippen LogP contribution in [-0.4, -0.2) is 99.5 Å². The van der Waals surface area contributed by atoms with Crippen LogP contribution in [0.5, 0.6) is 0 Å². The number of carbonyl (C=O) groups is 6. The second-order valence-electron chi connectivity index (χ2n) is 16.1. The highest BCUT2D eigenvalue weighted by atomic mass is 16.5. The fourth-order valence-corrected chi connectivity index (χ4v) is 7.53. The molecule has 304 valence electrons. The monoisotopic (exact) mass is 749 g/mol. The van der Waals surface area contributed by atoms with Crippen LogP contribution in [0, 0.1) is 0 Å². The number of unbranched alkanes of at least 4 members (excludes halogenated alkanes) is 18. The summed E-state index contributed by atoms with van der Waals surface area (Å²) in [5, 5.41) is 0. The van der Waals surface area contributed by atoms with Crippen LogP contribution in [0.4, 0.5) is 9.59 Å². The molecule has 2 unspecified atom stereocenters. The van der Waals surface area contributed by atoms with E-state index in [1.807, 2.05) is 0 Å². The highest BCUT2D eigenvalue weighted by Gasteiger charge is 2.60. The normalized spacial score (nSPS) is 18.0. The second-order valence-corrected chi connectivity index (χ2v) is 16.1. The van der Waals surface area contributed by atoms with Gasteiger partial charge in [0, 0.05) is 0 Å². The van der Waals surface area contributed by atoms with Crippen molar-refractivity contribution in [3.8, 4) is 0 Å². The molecule has 0 aromatic heterocycles. The molecule has 2 saturated heterocycles. The molecule has 0 aromatic rings. The highest BCUT2D eigenvalue weighted by Crippen LogP contribution is 2.36. The Labute approximate surface area is 320 Å². The first-order chi connectivity index (χ1) is 25.2. The van der Waals surface area contributed by atoms with Crippen LogP contribution in [0.3, 0.4) is 0 Å². The predicted molar refractivity (Wildman–Crippen MR) is 206 cm³/mol. The van der Waals surface area contributed by atoms with Crippen molar-refractivity contribution in [2.45, 2.75) is 206 Å². The average Bonchev–Trinajstić information content (AvgIpc) is 3.40. The van der Waals surface area contributed by atoms with E-state index in [0.29, 0.717) is 12.8 Å². The number of amides is 6. The van der Waals surface area contributed by atoms with Gasteiger partial charge < -0.3 is 9.47 Å². The lowest BCUT2D eigenvalue weighted by atomic mass is 10.0.